The first-order chi connectivity index (χ1) is 9.88. The van der Waals surface area contributed by atoms with Crippen LogP contribution in [0.15, 0.2) is 30.3 Å². The Kier molecular flexibility index (Phi) is 5.04. The summed E-state index contributed by atoms with van der Waals surface area (Å²) in [6.45, 7) is 11.5. The van der Waals surface area contributed by atoms with Gasteiger partial charge in [-0.1, -0.05) is 58.0 Å². The Balaban J connectivity index is 1.94. The van der Waals surface area contributed by atoms with Crippen molar-refractivity contribution in [1.29, 1.82) is 0 Å². The lowest BCUT2D eigenvalue weighted by atomic mass is 9.78. The van der Waals surface area contributed by atoms with E-state index in [0.717, 1.165) is 26.1 Å². The molecule has 1 fully saturated rings. The SMILES string of the molecule is CC(C)C(=O)N[C@H]1CCN(Cc2ccccc2)CC1(C)C. The molecule has 21 heavy (non-hydrogen) atoms. The molecule has 2 rings (SSSR count). The summed E-state index contributed by atoms with van der Waals surface area (Å²) < 4.78 is 0. The Labute approximate surface area is 128 Å². The molecule has 1 amide bonds. The highest BCUT2D eigenvalue weighted by Gasteiger charge is 2.36. The minimum absolute atomic E-state index is 0.0585. The molecule has 1 aromatic carbocycles. The van der Waals surface area contributed by atoms with Crippen LogP contribution in [0.2, 0.25) is 0 Å². The molecule has 1 aliphatic heterocycles. The quantitative estimate of drug-likeness (QED) is 0.923. The third kappa shape index (κ3) is 4.31. The molecule has 0 radical (unpaired) electrons. The maximum Gasteiger partial charge on any atom is 0.222 e. The summed E-state index contributed by atoms with van der Waals surface area (Å²) in [5.41, 5.74) is 1.47. The largest absolute Gasteiger partial charge is 0.353 e. The molecule has 116 valence electrons. The van der Waals surface area contributed by atoms with Crippen LogP contribution in [0.1, 0.15) is 39.7 Å². The maximum absolute atomic E-state index is 11.9. The van der Waals surface area contributed by atoms with E-state index in [4.69, 9.17) is 0 Å². The summed E-state index contributed by atoms with van der Waals surface area (Å²) in [6, 6.07) is 10.9. The number of carbonyl (C=O) groups excluding carboxylic acids is 1. The van der Waals surface area contributed by atoms with E-state index < -0.39 is 0 Å². The van der Waals surface area contributed by atoms with Gasteiger partial charge in [0.15, 0.2) is 0 Å². The number of rotatable bonds is 4. The summed E-state index contributed by atoms with van der Waals surface area (Å²) in [6.07, 6.45) is 1.03. The number of piperidine rings is 1. The molecule has 0 bridgehead atoms. The molecule has 1 aliphatic rings. The van der Waals surface area contributed by atoms with Crippen molar-refractivity contribution in [2.45, 2.75) is 46.7 Å². The number of likely N-dealkylation sites (tertiary alicyclic amines) is 1. The van der Waals surface area contributed by atoms with Crippen molar-refractivity contribution in [2.24, 2.45) is 11.3 Å². The van der Waals surface area contributed by atoms with Crippen LogP contribution in [0.4, 0.5) is 0 Å². The van der Waals surface area contributed by atoms with Gasteiger partial charge in [0.1, 0.15) is 0 Å². The van der Waals surface area contributed by atoms with Crippen molar-refractivity contribution in [3.63, 3.8) is 0 Å². The van der Waals surface area contributed by atoms with Gasteiger partial charge in [0.25, 0.3) is 0 Å². The molecule has 3 nitrogen and oxygen atoms in total. The van der Waals surface area contributed by atoms with Crippen molar-refractivity contribution in [1.82, 2.24) is 10.2 Å². The zero-order valence-corrected chi connectivity index (χ0v) is 13.7. The zero-order valence-electron chi connectivity index (χ0n) is 13.7. The smallest absolute Gasteiger partial charge is 0.222 e. The molecule has 0 aromatic heterocycles. The second-order valence-corrected chi connectivity index (χ2v) is 7.19. The number of nitrogens with zero attached hydrogens (tertiary/aromatic N) is 1. The van der Waals surface area contributed by atoms with Gasteiger partial charge in [0, 0.05) is 31.6 Å². The maximum atomic E-state index is 11.9. The van der Waals surface area contributed by atoms with Crippen molar-refractivity contribution < 1.29 is 4.79 Å². The topological polar surface area (TPSA) is 32.3 Å². The molecule has 1 heterocycles. The third-order valence-electron chi connectivity index (χ3n) is 4.40. The van der Waals surface area contributed by atoms with Gasteiger partial charge in [-0.05, 0) is 17.4 Å². The average molecular weight is 288 g/mol. The summed E-state index contributed by atoms with van der Waals surface area (Å²) in [5.74, 6) is 0.229. The summed E-state index contributed by atoms with van der Waals surface area (Å²) in [7, 11) is 0. The molecule has 1 saturated heterocycles. The Morgan fingerprint density at radius 2 is 2.00 bits per heavy atom. The van der Waals surface area contributed by atoms with Gasteiger partial charge in [0.2, 0.25) is 5.91 Å². The van der Waals surface area contributed by atoms with E-state index in [1.54, 1.807) is 0 Å². The lowest BCUT2D eigenvalue weighted by Gasteiger charge is -2.44. The van der Waals surface area contributed by atoms with E-state index in [1.807, 2.05) is 13.8 Å². The molecule has 1 atom stereocenters. The number of benzene rings is 1. The van der Waals surface area contributed by atoms with Crippen LogP contribution in [-0.4, -0.2) is 29.9 Å². The van der Waals surface area contributed by atoms with E-state index in [1.165, 1.54) is 5.56 Å². The highest BCUT2D eigenvalue weighted by Crippen LogP contribution is 2.30. The van der Waals surface area contributed by atoms with E-state index in [9.17, 15) is 4.79 Å². The van der Waals surface area contributed by atoms with Crippen LogP contribution in [0.25, 0.3) is 0 Å². The Bertz CT molecular complexity index is 467. The molecule has 0 saturated carbocycles. The fourth-order valence-electron chi connectivity index (χ4n) is 3.05. The van der Waals surface area contributed by atoms with Crippen molar-refractivity contribution in [3.8, 4) is 0 Å². The average Bonchev–Trinajstić information content (AvgIpc) is 2.42. The third-order valence-corrected chi connectivity index (χ3v) is 4.40. The van der Waals surface area contributed by atoms with Gasteiger partial charge in [-0.3, -0.25) is 9.69 Å². The van der Waals surface area contributed by atoms with Gasteiger partial charge in [-0.2, -0.15) is 0 Å². The Hall–Kier alpha value is -1.35. The van der Waals surface area contributed by atoms with Crippen molar-refractivity contribution in [2.75, 3.05) is 13.1 Å². The normalized spacial score (nSPS) is 22.2. The van der Waals surface area contributed by atoms with E-state index in [0.29, 0.717) is 0 Å². The van der Waals surface area contributed by atoms with Crippen LogP contribution < -0.4 is 5.32 Å². The van der Waals surface area contributed by atoms with Gasteiger partial charge in [-0.25, -0.2) is 0 Å². The predicted octanol–water partition coefficient (Wildman–Crippen LogP) is 3.06. The number of carbonyl (C=O) groups is 1. The van der Waals surface area contributed by atoms with Crippen LogP contribution in [0.3, 0.4) is 0 Å². The predicted molar refractivity (Wildman–Crippen MR) is 86.9 cm³/mol. The highest BCUT2D eigenvalue weighted by molar-refractivity contribution is 5.78. The first-order valence-electron chi connectivity index (χ1n) is 7.95. The van der Waals surface area contributed by atoms with E-state index in [-0.39, 0.29) is 23.3 Å². The van der Waals surface area contributed by atoms with Crippen LogP contribution in [0.5, 0.6) is 0 Å². The fourth-order valence-corrected chi connectivity index (χ4v) is 3.05. The molecular weight excluding hydrogens is 260 g/mol. The highest BCUT2D eigenvalue weighted by atomic mass is 16.1. The first kappa shape index (κ1) is 16.0. The van der Waals surface area contributed by atoms with Gasteiger partial charge in [0.05, 0.1) is 0 Å². The van der Waals surface area contributed by atoms with Crippen LogP contribution in [-0.2, 0) is 11.3 Å². The van der Waals surface area contributed by atoms with Gasteiger partial charge in [-0.15, -0.1) is 0 Å². The summed E-state index contributed by atoms with van der Waals surface area (Å²) in [4.78, 5) is 14.4. The minimum Gasteiger partial charge on any atom is -0.353 e. The standard InChI is InChI=1S/C18H28N2O/c1-14(2)17(21)19-16-10-11-20(13-18(16,3)4)12-15-8-6-5-7-9-15/h5-9,14,16H,10-13H2,1-4H3,(H,19,21)/t16-/m0/s1. The van der Waals surface area contributed by atoms with Crippen LogP contribution in [0, 0.1) is 11.3 Å². The van der Waals surface area contributed by atoms with Gasteiger partial charge < -0.3 is 5.32 Å². The van der Waals surface area contributed by atoms with Crippen molar-refractivity contribution in [3.05, 3.63) is 35.9 Å². The Morgan fingerprint density at radius 1 is 1.33 bits per heavy atom. The lowest BCUT2D eigenvalue weighted by molar-refractivity contribution is -0.126. The Morgan fingerprint density at radius 3 is 2.57 bits per heavy atom. The van der Waals surface area contributed by atoms with Crippen LogP contribution >= 0.6 is 0 Å². The molecule has 1 aromatic rings. The number of hydrogen-bond acceptors (Lipinski definition) is 2. The lowest BCUT2D eigenvalue weighted by Crippen LogP contribution is -2.56. The molecule has 0 unspecified atom stereocenters. The number of hydrogen-bond donors (Lipinski definition) is 1. The zero-order chi connectivity index (χ0) is 15.5. The molecule has 0 aliphatic carbocycles. The first-order valence-corrected chi connectivity index (χ1v) is 7.95. The minimum atomic E-state index is 0.0585. The summed E-state index contributed by atoms with van der Waals surface area (Å²) >= 11 is 0. The molecule has 1 N–H and O–H groups in total. The van der Waals surface area contributed by atoms with E-state index in [2.05, 4.69) is 54.4 Å². The van der Waals surface area contributed by atoms with Crippen molar-refractivity contribution >= 4 is 5.91 Å². The van der Waals surface area contributed by atoms with E-state index >= 15 is 0 Å². The fraction of sp³-hybridized carbons (Fsp3) is 0.611. The second kappa shape index (κ2) is 6.61. The summed E-state index contributed by atoms with van der Waals surface area (Å²) in [5, 5.41) is 3.23. The number of nitrogens with one attached hydrogen (secondary N) is 1. The molecular formula is C18H28N2O. The molecule has 3 heteroatoms. The monoisotopic (exact) mass is 288 g/mol. The second-order valence-electron chi connectivity index (χ2n) is 7.19. The molecule has 0 spiro atoms. The van der Waals surface area contributed by atoms with Gasteiger partial charge >= 0.3 is 0 Å². The number of amides is 1.